The van der Waals surface area contributed by atoms with E-state index < -0.39 is 6.09 Å². The number of carbonyl (C=O) groups is 1. The van der Waals surface area contributed by atoms with E-state index in [0.717, 1.165) is 33.6 Å². The van der Waals surface area contributed by atoms with Gasteiger partial charge in [0.25, 0.3) is 0 Å². The monoisotopic (exact) mass is 499 g/mol. The number of nitrogens with zero attached hydrogens (tertiary/aromatic N) is 6. The number of nitrogens with one attached hydrogen (secondary N) is 1. The van der Waals surface area contributed by atoms with Gasteiger partial charge in [-0.2, -0.15) is 5.10 Å². The van der Waals surface area contributed by atoms with Crippen LogP contribution in [0.5, 0.6) is 5.75 Å². The molecule has 0 saturated carbocycles. The first-order valence-electron chi connectivity index (χ1n) is 11.9. The summed E-state index contributed by atoms with van der Waals surface area (Å²) in [5, 5.41) is 18.6. The van der Waals surface area contributed by atoms with Crippen molar-refractivity contribution in [3.05, 3.63) is 60.4 Å². The molecule has 0 unspecified atom stereocenters. The molecule has 5 rings (SSSR count). The van der Waals surface area contributed by atoms with E-state index in [1.165, 1.54) is 4.57 Å². The number of hydrogen-bond acceptors (Lipinski definition) is 6. The third-order valence-electron chi connectivity index (χ3n) is 6.62. The van der Waals surface area contributed by atoms with E-state index in [2.05, 4.69) is 20.4 Å². The topological polar surface area (TPSA) is 112 Å². The van der Waals surface area contributed by atoms with Crippen LogP contribution in [0.25, 0.3) is 33.4 Å². The second-order valence-corrected chi connectivity index (χ2v) is 9.31. The molecule has 0 radical (unpaired) electrons. The Kier molecular flexibility index (Phi) is 5.94. The molecule has 37 heavy (non-hydrogen) atoms. The lowest BCUT2D eigenvalue weighted by atomic mass is 9.98. The molecule has 2 N–H and O–H groups in total. The van der Waals surface area contributed by atoms with Crippen LogP contribution < -0.4 is 10.1 Å². The predicted molar refractivity (Wildman–Crippen MR) is 143 cm³/mol. The summed E-state index contributed by atoms with van der Waals surface area (Å²) >= 11 is 0. The van der Waals surface area contributed by atoms with Crippen LogP contribution in [0.15, 0.2) is 49.1 Å². The largest absolute Gasteiger partial charge is 0.495 e. The van der Waals surface area contributed by atoms with Crippen LogP contribution in [0.4, 0.5) is 16.3 Å². The summed E-state index contributed by atoms with van der Waals surface area (Å²) in [5.74, 6) is 2.12. The Hall–Kier alpha value is -4.60. The number of rotatable bonds is 6. The van der Waals surface area contributed by atoms with Crippen molar-refractivity contribution in [2.24, 2.45) is 14.1 Å². The van der Waals surface area contributed by atoms with E-state index in [1.54, 1.807) is 30.3 Å². The zero-order chi connectivity index (χ0) is 26.4. The van der Waals surface area contributed by atoms with Gasteiger partial charge in [-0.05, 0) is 30.5 Å². The Labute approximate surface area is 214 Å². The molecule has 4 aromatic heterocycles. The number of pyridine rings is 1. The van der Waals surface area contributed by atoms with Crippen molar-refractivity contribution in [2.45, 2.75) is 26.7 Å². The summed E-state index contributed by atoms with van der Waals surface area (Å²) < 4.78 is 10.7. The molecule has 1 aromatic carbocycles. The maximum Gasteiger partial charge on any atom is 0.416 e. The average molecular weight is 500 g/mol. The van der Waals surface area contributed by atoms with Gasteiger partial charge >= 0.3 is 6.09 Å². The Morgan fingerprint density at radius 2 is 1.86 bits per heavy atom. The van der Waals surface area contributed by atoms with E-state index in [4.69, 9.17) is 4.74 Å². The average Bonchev–Trinajstić information content (AvgIpc) is 3.54. The third kappa shape index (κ3) is 4.10. The number of methoxy groups -OCH3 is 1. The van der Waals surface area contributed by atoms with Crippen molar-refractivity contribution in [1.29, 1.82) is 0 Å². The van der Waals surface area contributed by atoms with Gasteiger partial charge in [0.2, 0.25) is 0 Å². The molecule has 0 spiro atoms. The van der Waals surface area contributed by atoms with Gasteiger partial charge in [-0.15, -0.1) is 0 Å². The van der Waals surface area contributed by atoms with Crippen molar-refractivity contribution in [3.8, 4) is 28.3 Å². The third-order valence-corrected chi connectivity index (χ3v) is 6.62. The minimum absolute atomic E-state index is 0.0715. The minimum atomic E-state index is -1.07. The van der Waals surface area contributed by atoms with Crippen molar-refractivity contribution in [1.82, 2.24) is 28.9 Å². The van der Waals surface area contributed by atoms with Crippen molar-refractivity contribution >= 4 is 28.5 Å². The number of aryl methyl sites for hydroxylation is 2. The highest BCUT2D eigenvalue weighted by Gasteiger charge is 2.25. The number of fused-ring (bicyclic) bond motifs is 1. The molecule has 0 fully saturated rings. The Morgan fingerprint density at radius 1 is 1.08 bits per heavy atom. The van der Waals surface area contributed by atoms with E-state index in [1.807, 2.05) is 70.0 Å². The summed E-state index contributed by atoms with van der Waals surface area (Å²) in [6, 6.07) is 7.60. The van der Waals surface area contributed by atoms with E-state index in [-0.39, 0.29) is 5.92 Å². The number of benzene rings is 1. The Bertz CT molecular complexity index is 1640. The van der Waals surface area contributed by atoms with Gasteiger partial charge in [-0.3, -0.25) is 4.68 Å². The molecule has 0 saturated heterocycles. The lowest BCUT2D eigenvalue weighted by molar-refractivity contribution is 0.198. The maximum absolute atomic E-state index is 12.5. The minimum Gasteiger partial charge on any atom is -0.495 e. The fourth-order valence-corrected chi connectivity index (χ4v) is 4.75. The van der Waals surface area contributed by atoms with Crippen LogP contribution in [0.3, 0.4) is 0 Å². The van der Waals surface area contributed by atoms with Crippen molar-refractivity contribution in [3.63, 3.8) is 0 Å². The van der Waals surface area contributed by atoms with Gasteiger partial charge < -0.3 is 19.7 Å². The van der Waals surface area contributed by atoms with Crippen LogP contribution in [-0.2, 0) is 14.1 Å². The smallest absolute Gasteiger partial charge is 0.416 e. The highest BCUT2D eigenvalue weighted by atomic mass is 16.5. The standard InChI is InChI=1S/C27H29N7O3/c1-15(2)25-19-12-29-24(10-21(19)34(27(35)36)26(25)18-11-30-32(4)14-18)31-20-8-7-17(9-23(20)37-6)22-13-28-16(3)33(22)5/h7-15H,1-6H3,(H,29,31)(H,35,36). The second kappa shape index (κ2) is 9.12. The zero-order valence-electron chi connectivity index (χ0n) is 21.6. The molecule has 10 nitrogen and oxygen atoms in total. The first-order chi connectivity index (χ1) is 17.7. The number of hydrogen-bond donors (Lipinski definition) is 2. The quantitative estimate of drug-likeness (QED) is 0.315. The first-order valence-corrected chi connectivity index (χ1v) is 11.9. The highest BCUT2D eigenvalue weighted by molar-refractivity contribution is 6.00. The Morgan fingerprint density at radius 3 is 2.46 bits per heavy atom. The second-order valence-electron chi connectivity index (χ2n) is 9.31. The van der Waals surface area contributed by atoms with Crippen LogP contribution in [0, 0.1) is 6.92 Å². The van der Waals surface area contributed by atoms with Crippen LogP contribution in [-0.4, -0.2) is 47.2 Å². The molecule has 0 bridgehead atoms. The fourth-order valence-electron chi connectivity index (χ4n) is 4.75. The number of anilines is 2. The van der Waals surface area contributed by atoms with Gasteiger partial charge in [0.05, 0.1) is 42.1 Å². The van der Waals surface area contributed by atoms with Crippen molar-refractivity contribution in [2.75, 3.05) is 12.4 Å². The molecule has 0 aliphatic carbocycles. The summed E-state index contributed by atoms with van der Waals surface area (Å²) in [7, 11) is 5.39. The normalized spacial score (nSPS) is 11.4. The number of aromatic nitrogens is 6. The van der Waals surface area contributed by atoms with E-state index >= 15 is 0 Å². The number of imidazole rings is 1. The van der Waals surface area contributed by atoms with E-state index in [9.17, 15) is 9.90 Å². The van der Waals surface area contributed by atoms with Gasteiger partial charge in [-0.1, -0.05) is 19.9 Å². The SMILES string of the molecule is COc1cc(-c2cnc(C)n2C)ccc1Nc1cc2c(cn1)c(C(C)C)c(-c1cnn(C)c1)n2C(=O)O. The van der Waals surface area contributed by atoms with E-state index in [0.29, 0.717) is 28.5 Å². The molecule has 0 aliphatic heterocycles. The van der Waals surface area contributed by atoms with Gasteiger partial charge in [0, 0.05) is 49.1 Å². The van der Waals surface area contributed by atoms with Gasteiger partial charge in [0.1, 0.15) is 17.4 Å². The fraction of sp³-hybridized carbons (Fsp3) is 0.259. The van der Waals surface area contributed by atoms with Gasteiger partial charge in [-0.25, -0.2) is 19.3 Å². The molecule has 0 atom stereocenters. The molecule has 0 aliphatic rings. The van der Waals surface area contributed by atoms with Crippen LogP contribution in [0.2, 0.25) is 0 Å². The summed E-state index contributed by atoms with van der Waals surface area (Å²) in [6.07, 6.45) is 6.00. The summed E-state index contributed by atoms with van der Waals surface area (Å²) in [4.78, 5) is 21.5. The summed E-state index contributed by atoms with van der Waals surface area (Å²) in [6.45, 7) is 6.04. The molecule has 10 heteroatoms. The van der Waals surface area contributed by atoms with Gasteiger partial charge in [0.15, 0.2) is 0 Å². The molecular weight excluding hydrogens is 470 g/mol. The highest BCUT2D eigenvalue weighted by Crippen LogP contribution is 2.39. The maximum atomic E-state index is 12.5. The molecule has 0 amide bonds. The summed E-state index contributed by atoms with van der Waals surface area (Å²) in [5.41, 5.74) is 5.47. The van der Waals surface area contributed by atoms with Crippen LogP contribution >= 0.6 is 0 Å². The van der Waals surface area contributed by atoms with Crippen LogP contribution in [0.1, 0.15) is 31.2 Å². The van der Waals surface area contributed by atoms with Crippen molar-refractivity contribution < 1.29 is 14.6 Å². The number of ether oxygens (including phenoxy) is 1. The lowest BCUT2D eigenvalue weighted by Gasteiger charge is -2.13. The molecule has 4 heterocycles. The lowest BCUT2D eigenvalue weighted by Crippen LogP contribution is -2.10. The zero-order valence-corrected chi connectivity index (χ0v) is 21.6. The first kappa shape index (κ1) is 24.1. The molecule has 5 aromatic rings. The predicted octanol–water partition coefficient (Wildman–Crippen LogP) is 5.55. The Balaban J connectivity index is 1.60. The molecular formula is C27H29N7O3. The number of carboxylic acid groups (broad SMARTS) is 1. The molecule has 190 valence electrons.